The fraction of sp³-hybridized carbons (Fsp3) is 0.200. The van der Waals surface area contributed by atoms with Crippen molar-refractivity contribution >= 4 is 50.1 Å². The van der Waals surface area contributed by atoms with Crippen LogP contribution in [-0.4, -0.2) is 35.5 Å². The van der Waals surface area contributed by atoms with Crippen molar-refractivity contribution < 1.29 is 32.3 Å². The molecule has 2 heterocycles. The largest absolute Gasteiger partial charge is 0.484 e. The fourth-order valence-corrected chi connectivity index (χ4v) is 3.82. The van der Waals surface area contributed by atoms with Crippen molar-refractivity contribution in [2.45, 2.75) is 19.0 Å². The van der Waals surface area contributed by atoms with Crippen molar-refractivity contribution in [1.29, 1.82) is 0 Å². The number of carbonyl (C=O) groups is 3. The third kappa shape index (κ3) is 4.97. The van der Waals surface area contributed by atoms with Crippen LogP contribution in [0.3, 0.4) is 0 Å². The highest BCUT2D eigenvalue weighted by molar-refractivity contribution is 7.22. The standard InChI is InChI=1S/C20H15F3N4O4S/c21-20(22,23)10-31-13-5-6-14-15(9-13)32-19(24-14)25-18(30)11-1-3-12(4-2-11)27-17(29)8-7-16(28)26-27/h1-6,9H,7-8,10H2,(H,26,28)(H,24,25,30). The Morgan fingerprint density at radius 3 is 2.62 bits per heavy atom. The second-order valence-corrected chi connectivity index (χ2v) is 7.85. The molecule has 1 aliphatic rings. The molecule has 12 heteroatoms. The Morgan fingerprint density at radius 2 is 1.91 bits per heavy atom. The second kappa shape index (κ2) is 8.46. The zero-order valence-corrected chi connectivity index (χ0v) is 17.0. The van der Waals surface area contributed by atoms with Crippen molar-refractivity contribution in [3.05, 3.63) is 48.0 Å². The Bertz CT molecular complexity index is 1190. The third-order valence-electron chi connectivity index (χ3n) is 4.42. The number of aromatic nitrogens is 1. The first-order valence-electron chi connectivity index (χ1n) is 9.32. The van der Waals surface area contributed by atoms with E-state index >= 15 is 0 Å². The molecule has 0 bridgehead atoms. The number of benzene rings is 2. The van der Waals surface area contributed by atoms with Gasteiger partial charge in [-0.15, -0.1) is 0 Å². The van der Waals surface area contributed by atoms with Gasteiger partial charge in [-0.3, -0.25) is 25.1 Å². The maximum atomic E-state index is 12.5. The van der Waals surface area contributed by atoms with E-state index in [0.717, 1.165) is 16.3 Å². The Labute approximate surface area is 183 Å². The van der Waals surface area contributed by atoms with Gasteiger partial charge in [-0.2, -0.15) is 13.2 Å². The van der Waals surface area contributed by atoms with E-state index in [4.69, 9.17) is 4.74 Å². The summed E-state index contributed by atoms with van der Waals surface area (Å²) in [6.45, 7) is -1.40. The molecular formula is C20H15F3N4O4S. The molecule has 4 rings (SSSR count). The minimum Gasteiger partial charge on any atom is -0.484 e. The Hall–Kier alpha value is -3.67. The van der Waals surface area contributed by atoms with Gasteiger partial charge in [-0.25, -0.2) is 9.99 Å². The van der Waals surface area contributed by atoms with Crippen molar-refractivity contribution in [2.24, 2.45) is 0 Å². The van der Waals surface area contributed by atoms with Crippen LogP contribution in [0.25, 0.3) is 10.2 Å². The Kier molecular flexibility index (Phi) is 5.70. The molecule has 166 valence electrons. The molecule has 32 heavy (non-hydrogen) atoms. The molecule has 8 nitrogen and oxygen atoms in total. The molecule has 0 unspecified atom stereocenters. The normalized spacial score (nSPS) is 14.4. The van der Waals surface area contributed by atoms with E-state index in [-0.39, 0.29) is 41.1 Å². The van der Waals surface area contributed by atoms with Crippen molar-refractivity contribution in [2.75, 3.05) is 16.9 Å². The molecule has 0 spiro atoms. The van der Waals surface area contributed by atoms with E-state index in [1.165, 1.54) is 42.5 Å². The van der Waals surface area contributed by atoms with Crippen LogP contribution in [0.5, 0.6) is 5.75 Å². The van der Waals surface area contributed by atoms with E-state index in [9.17, 15) is 27.6 Å². The molecule has 2 N–H and O–H groups in total. The second-order valence-electron chi connectivity index (χ2n) is 6.82. The number of hydrogen-bond acceptors (Lipinski definition) is 6. The number of amides is 3. The summed E-state index contributed by atoms with van der Waals surface area (Å²) >= 11 is 1.09. The highest BCUT2D eigenvalue weighted by Gasteiger charge is 2.28. The summed E-state index contributed by atoms with van der Waals surface area (Å²) in [6, 6.07) is 10.4. The number of nitrogens with one attached hydrogen (secondary N) is 2. The van der Waals surface area contributed by atoms with Crippen LogP contribution in [-0.2, 0) is 9.59 Å². The van der Waals surface area contributed by atoms with Gasteiger partial charge in [0.2, 0.25) is 11.8 Å². The van der Waals surface area contributed by atoms with Crippen LogP contribution >= 0.6 is 11.3 Å². The SMILES string of the molecule is O=C1CCC(=O)N(c2ccc(C(=O)Nc3nc4ccc(OCC(F)(F)F)cc4s3)cc2)N1. The number of anilines is 2. The number of nitrogens with zero attached hydrogens (tertiary/aromatic N) is 2. The number of hydrogen-bond donors (Lipinski definition) is 2. The van der Waals surface area contributed by atoms with Crippen LogP contribution in [0, 0.1) is 0 Å². The van der Waals surface area contributed by atoms with Gasteiger partial charge < -0.3 is 4.74 Å². The van der Waals surface area contributed by atoms with Crippen molar-refractivity contribution in [3.63, 3.8) is 0 Å². The highest BCUT2D eigenvalue weighted by atomic mass is 32.1. The predicted octanol–water partition coefficient (Wildman–Crippen LogP) is 3.65. The lowest BCUT2D eigenvalue weighted by Gasteiger charge is -2.27. The van der Waals surface area contributed by atoms with Crippen LogP contribution in [0.2, 0.25) is 0 Å². The summed E-state index contributed by atoms with van der Waals surface area (Å²) in [5, 5.41) is 4.04. The predicted molar refractivity (Wildman–Crippen MR) is 110 cm³/mol. The van der Waals surface area contributed by atoms with Gasteiger partial charge in [0.15, 0.2) is 11.7 Å². The molecule has 1 fully saturated rings. The first kappa shape index (κ1) is 21.6. The topological polar surface area (TPSA) is 101 Å². The van der Waals surface area contributed by atoms with Gasteiger partial charge >= 0.3 is 6.18 Å². The number of hydrazine groups is 1. The first-order valence-corrected chi connectivity index (χ1v) is 10.1. The third-order valence-corrected chi connectivity index (χ3v) is 5.36. The summed E-state index contributed by atoms with van der Waals surface area (Å²) in [6.07, 6.45) is -4.20. The molecule has 3 aromatic rings. The monoisotopic (exact) mass is 464 g/mol. The highest BCUT2D eigenvalue weighted by Crippen LogP contribution is 2.30. The quantitative estimate of drug-likeness (QED) is 0.601. The first-order chi connectivity index (χ1) is 15.2. The van der Waals surface area contributed by atoms with Gasteiger partial charge in [0.25, 0.3) is 5.91 Å². The summed E-state index contributed by atoms with van der Waals surface area (Å²) in [5.41, 5.74) is 3.68. The van der Waals surface area contributed by atoms with Crippen LogP contribution in [0.15, 0.2) is 42.5 Å². The summed E-state index contributed by atoms with van der Waals surface area (Å²) in [4.78, 5) is 40.2. The lowest BCUT2D eigenvalue weighted by Crippen LogP contribution is -2.50. The molecule has 0 aliphatic carbocycles. The van der Waals surface area contributed by atoms with Gasteiger partial charge in [0.1, 0.15) is 5.75 Å². The number of carbonyl (C=O) groups excluding carboxylic acids is 3. The fourth-order valence-electron chi connectivity index (χ4n) is 2.93. The van der Waals surface area contributed by atoms with Crippen LogP contribution < -0.4 is 20.5 Å². The van der Waals surface area contributed by atoms with E-state index in [1.54, 1.807) is 0 Å². The maximum absolute atomic E-state index is 12.5. The smallest absolute Gasteiger partial charge is 0.422 e. The summed E-state index contributed by atoms with van der Waals surface area (Å²) < 4.78 is 42.2. The van der Waals surface area contributed by atoms with Gasteiger partial charge in [-0.1, -0.05) is 11.3 Å². The number of fused-ring (bicyclic) bond motifs is 1. The zero-order chi connectivity index (χ0) is 22.9. The molecule has 1 aromatic heterocycles. The number of ether oxygens (including phenoxy) is 1. The van der Waals surface area contributed by atoms with Crippen molar-refractivity contribution in [1.82, 2.24) is 10.4 Å². The lowest BCUT2D eigenvalue weighted by molar-refractivity contribution is -0.153. The molecule has 1 aliphatic heterocycles. The average Bonchev–Trinajstić information content (AvgIpc) is 3.15. The van der Waals surface area contributed by atoms with Gasteiger partial charge in [0, 0.05) is 18.4 Å². The maximum Gasteiger partial charge on any atom is 0.422 e. The zero-order valence-electron chi connectivity index (χ0n) is 16.2. The molecule has 0 saturated carbocycles. The minimum absolute atomic E-state index is 0.0475. The number of thiazole rings is 1. The number of rotatable bonds is 5. The van der Waals surface area contributed by atoms with Crippen LogP contribution in [0.4, 0.5) is 24.0 Å². The van der Waals surface area contributed by atoms with E-state index < -0.39 is 18.7 Å². The van der Waals surface area contributed by atoms with E-state index in [1.807, 2.05) is 0 Å². The van der Waals surface area contributed by atoms with Gasteiger partial charge in [-0.05, 0) is 42.5 Å². The molecule has 0 radical (unpaired) electrons. The van der Waals surface area contributed by atoms with E-state index in [0.29, 0.717) is 15.9 Å². The van der Waals surface area contributed by atoms with Crippen LogP contribution in [0.1, 0.15) is 23.2 Å². The molecule has 2 aromatic carbocycles. The van der Waals surface area contributed by atoms with Gasteiger partial charge in [0.05, 0.1) is 15.9 Å². The lowest BCUT2D eigenvalue weighted by atomic mass is 10.1. The number of alkyl halides is 3. The van der Waals surface area contributed by atoms with Crippen molar-refractivity contribution in [3.8, 4) is 5.75 Å². The molecule has 3 amide bonds. The summed E-state index contributed by atoms with van der Waals surface area (Å²) in [7, 11) is 0. The Balaban J connectivity index is 1.44. The van der Waals surface area contributed by atoms with E-state index in [2.05, 4.69) is 15.7 Å². The summed E-state index contributed by atoms with van der Waals surface area (Å²) in [5.74, 6) is -0.937. The Morgan fingerprint density at radius 1 is 1.16 bits per heavy atom. The average molecular weight is 464 g/mol. The number of halogens is 3. The molecular weight excluding hydrogens is 449 g/mol. The molecule has 1 saturated heterocycles. The molecule has 0 atom stereocenters. The minimum atomic E-state index is -4.44.